The highest BCUT2D eigenvalue weighted by molar-refractivity contribution is 6.13. The standard InChI is InChI=1S/C27H21N5O/c1-16-11-18(3)25-23(12-16)17(2)13-24(30-25)32-26(20(14-28)15-29-32)31-27(33)22-10-6-8-19-7-4-5-9-21(19)22/h4-13,15H,1-3H3,(H,31,33). The number of fused-ring (bicyclic) bond motifs is 2. The second-order valence-corrected chi connectivity index (χ2v) is 8.19. The van der Waals surface area contributed by atoms with Crippen LogP contribution in [-0.4, -0.2) is 20.7 Å². The van der Waals surface area contributed by atoms with Crippen molar-refractivity contribution in [2.75, 3.05) is 5.32 Å². The monoisotopic (exact) mass is 431 g/mol. The number of carbonyl (C=O) groups excluding carboxylic acids is 1. The Labute approximate surface area is 191 Å². The smallest absolute Gasteiger partial charge is 0.257 e. The minimum absolute atomic E-state index is 0.267. The number of pyridine rings is 1. The zero-order valence-corrected chi connectivity index (χ0v) is 18.5. The van der Waals surface area contributed by atoms with Crippen molar-refractivity contribution < 1.29 is 4.79 Å². The number of aryl methyl sites for hydroxylation is 3. The summed E-state index contributed by atoms with van der Waals surface area (Å²) in [5, 5.41) is 19.8. The first-order valence-electron chi connectivity index (χ1n) is 10.6. The predicted molar refractivity (Wildman–Crippen MR) is 130 cm³/mol. The van der Waals surface area contributed by atoms with Gasteiger partial charge in [-0.15, -0.1) is 0 Å². The fourth-order valence-corrected chi connectivity index (χ4v) is 4.26. The van der Waals surface area contributed by atoms with Gasteiger partial charge in [-0.2, -0.15) is 15.0 Å². The molecule has 0 aliphatic rings. The molecule has 1 amide bonds. The van der Waals surface area contributed by atoms with E-state index in [2.05, 4.69) is 35.5 Å². The normalized spacial score (nSPS) is 11.0. The highest BCUT2D eigenvalue weighted by Crippen LogP contribution is 2.27. The van der Waals surface area contributed by atoms with E-state index in [4.69, 9.17) is 4.98 Å². The van der Waals surface area contributed by atoms with Gasteiger partial charge in [-0.25, -0.2) is 4.98 Å². The van der Waals surface area contributed by atoms with Crippen LogP contribution >= 0.6 is 0 Å². The second kappa shape index (κ2) is 7.88. The van der Waals surface area contributed by atoms with E-state index in [9.17, 15) is 10.1 Å². The summed E-state index contributed by atoms with van der Waals surface area (Å²) in [6, 6.07) is 21.5. The number of amides is 1. The fraction of sp³-hybridized carbons (Fsp3) is 0.111. The lowest BCUT2D eigenvalue weighted by Gasteiger charge is -2.13. The molecule has 0 aliphatic heterocycles. The number of anilines is 1. The van der Waals surface area contributed by atoms with Gasteiger partial charge in [-0.05, 0) is 60.9 Å². The molecule has 0 saturated carbocycles. The van der Waals surface area contributed by atoms with Gasteiger partial charge in [0.15, 0.2) is 11.6 Å². The van der Waals surface area contributed by atoms with Crippen LogP contribution < -0.4 is 5.32 Å². The van der Waals surface area contributed by atoms with Crippen LogP contribution in [0.15, 0.2) is 66.9 Å². The maximum absolute atomic E-state index is 13.3. The van der Waals surface area contributed by atoms with E-state index in [1.165, 1.54) is 16.4 Å². The summed E-state index contributed by atoms with van der Waals surface area (Å²) in [5.74, 6) is 0.530. The van der Waals surface area contributed by atoms with E-state index in [-0.39, 0.29) is 11.5 Å². The van der Waals surface area contributed by atoms with Gasteiger partial charge < -0.3 is 5.32 Å². The molecule has 5 rings (SSSR count). The number of hydrogen-bond acceptors (Lipinski definition) is 4. The lowest BCUT2D eigenvalue weighted by Crippen LogP contribution is -2.17. The van der Waals surface area contributed by atoms with Crippen LogP contribution in [0.5, 0.6) is 0 Å². The number of carbonyl (C=O) groups is 1. The van der Waals surface area contributed by atoms with Gasteiger partial charge >= 0.3 is 0 Å². The van der Waals surface area contributed by atoms with Gasteiger partial charge in [-0.3, -0.25) is 4.79 Å². The van der Waals surface area contributed by atoms with Crippen LogP contribution in [0.25, 0.3) is 27.5 Å². The molecule has 160 valence electrons. The zero-order valence-electron chi connectivity index (χ0n) is 18.5. The topological polar surface area (TPSA) is 83.6 Å². The molecule has 5 aromatic rings. The highest BCUT2D eigenvalue weighted by atomic mass is 16.1. The third-order valence-corrected chi connectivity index (χ3v) is 5.81. The predicted octanol–water partition coefficient (Wildman–Crippen LogP) is 5.62. The fourth-order valence-electron chi connectivity index (χ4n) is 4.26. The molecule has 0 spiro atoms. The quantitative estimate of drug-likeness (QED) is 0.402. The van der Waals surface area contributed by atoms with Gasteiger partial charge in [-0.1, -0.05) is 48.0 Å². The molecule has 0 radical (unpaired) electrons. The molecule has 3 aromatic carbocycles. The Morgan fingerprint density at radius 3 is 2.58 bits per heavy atom. The van der Waals surface area contributed by atoms with Gasteiger partial charge in [0.25, 0.3) is 5.91 Å². The summed E-state index contributed by atoms with van der Waals surface area (Å²) in [6.45, 7) is 6.11. The summed E-state index contributed by atoms with van der Waals surface area (Å²) in [5.41, 5.74) is 4.94. The van der Waals surface area contributed by atoms with Crippen molar-refractivity contribution in [2.45, 2.75) is 20.8 Å². The lowest BCUT2D eigenvalue weighted by molar-refractivity contribution is 0.102. The van der Waals surface area contributed by atoms with Crippen molar-refractivity contribution in [2.24, 2.45) is 0 Å². The maximum Gasteiger partial charge on any atom is 0.257 e. The third-order valence-electron chi connectivity index (χ3n) is 5.81. The third kappa shape index (κ3) is 3.50. The first-order valence-corrected chi connectivity index (χ1v) is 10.6. The van der Waals surface area contributed by atoms with E-state index in [1.54, 1.807) is 6.07 Å². The highest BCUT2D eigenvalue weighted by Gasteiger charge is 2.19. The van der Waals surface area contributed by atoms with E-state index in [0.29, 0.717) is 17.2 Å². The minimum Gasteiger partial charge on any atom is -0.305 e. The zero-order chi connectivity index (χ0) is 23.1. The lowest BCUT2D eigenvalue weighted by atomic mass is 10.0. The molecule has 0 saturated heterocycles. The molecule has 1 N–H and O–H groups in total. The SMILES string of the molecule is Cc1cc(C)c2nc(-n3ncc(C#N)c3NC(=O)c3cccc4ccccc34)cc(C)c2c1. The first kappa shape index (κ1) is 20.4. The van der Waals surface area contributed by atoms with Crippen LogP contribution in [0.4, 0.5) is 5.82 Å². The molecule has 2 aromatic heterocycles. The van der Waals surface area contributed by atoms with Gasteiger partial charge in [0.2, 0.25) is 0 Å². The minimum atomic E-state index is -0.311. The molecule has 6 nitrogen and oxygen atoms in total. The molecule has 0 bridgehead atoms. The molecule has 0 fully saturated rings. The van der Waals surface area contributed by atoms with E-state index < -0.39 is 0 Å². The van der Waals surface area contributed by atoms with Crippen molar-refractivity contribution in [1.29, 1.82) is 5.26 Å². The van der Waals surface area contributed by atoms with Crippen molar-refractivity contribution in [3.8, 4) is 11.9 Å². The van der Waals surface area contributed by atoms with Crippen molar-refractivity contribution >= 4 is 33.4 Å². The number of benzene rings is 3. The number of aromatic nitrogens is 3. The summed E-state index contributed by atoms with van der Waals surface area (Å²) in [6.07, 6.45) is 1.45. The largest absolute Gasteiger partial charge is 0.305 e. The Bertz CT molecular complexity index is 1600. The Kier molecular flexibility index (Phi) is 4.87. The van der Waals surface area contributed by atoms with Crippen LogP contribution in [0.2, 0.25) is 0 Å². The van der Waals surface area contributed by atoms with Crippen molar-refractivity contribution in [1.82, 2.24) is 14.8 Å². The first-order chi connectivity index (χ1) is 16.0. The van der Waals surface area contributed by atoms with E-state index in [0.717, 1.165) is 32.8 Å². The maximum atomic E-state index is 13.3. The molecular weight excluding hydrogens is 410 g/mol. The Morgan fingerprint density at radius 1 is 0.970 bits per heavy atom. The molecule has 0 aliphatic carbocycles. The van der Waals surface area contributed by atoms with Crippen molar-refractivity contribution in [3.05, 3.63) is 94.7 Å². The van der Waals surface area contributed by atoms with E-state index in [1.807, 2.05) is 56.3 Å². The number of nitrogens with zero attached hydrogens (tertiary/aromatic N) is 4. The molecule has 0 atom stereocenters. The van der Waals surface area contributed by atoms with E-state index >= 15 is 0 Å². The molecule has 33 heavy (non-hydrogen) atoms. The second-order valence-electron chi connectivity index (χ2n) is 8.19. The van der Waals surface area contributed by atoms with Crippen molar-refractivity contribution in [3.63, 3.8) is 0 Å². The van der Waals surface area contributed by atoms with Crippen LogP contribution in [0.3, 0.4) is 0 Å². The summed E-state index contributed by atoms with van der Waals surface area (Å²) >= 11 is 0. The van der Waals surface area contributed by atoms with Gasteiger partial charge in [0, 0.05) is 10.9 Å². The number of rotatable bonds is 3. The van der Waals surface area contributed by atoms with Crippen LogP contribution in [0.1, 0.15) is 32.6 Å². The Hall–Kier alpha value is -4.50. The van der Waals surface area contributed by atoms with Crippen LogP contribution in [-0.2, 0) is 0 Å². The number of nitriles is 1. The number of nitrogens with one attached hydrogen (secondary N) is 1. The molecular formula is C27H21N5O. The summed E-state index contributed by atoms with van der Waals surface area (Å²) < 4.78 is 1.52. The average molecular weight is 431 g/mol. The molecule has 0 unspecified atom stereocenters. The number of hydrogen-bond donors (Lipinski definition) is 1. The average Bonchev–Trinajstić information content (AvgIpc) is 3.21. The Morgan fingerprint density at radius 2 is 1.76 bits per heavy atom. The van der Waals surface area contributed by atoms with Gasteiger partial charge in [0.05, 0.1) is 11.7 Å². The van der Waals surface area contributed by atoms with Gasteiger partial charge in [0.1, 0.15) is 11.6 Å². The summed E-state index contributed by atoms with van der Waals surface area (Å²) in [7, 11) is 0. The Balaban J connectivity index is 1.62. The molecule has 2 heterocycles. The van der Waals surface area contributed by atoms with Crippen LogP contribution in [0, 0.1) is 32.1 Å². The molecule has 6 heteroatoms. The summed E-state index contributed by atoms with van der Waals surface area (Å²) in [4.78, 5) is 18.1.